The zero-order valence-corrected chi connectivity index (χ0v) is 18.6. The lowest BCUT2D eigenvalue weighted by Crippen LogP contribution is -3.12. The molecule has 0 spiro atoms. The predicted octanol–water partition coefficient (Wildman–Crippen LogP) is 2.59. The third kappa shape index (κ3) is 4.66. The summed E-state index contributed by atoms with van der Waals surface area (Å²) in [6.07, 6.45) is 0. The van der Waals surface area contributed by atoms with E-state index in [9.17, 15) is 24.8 Å². The van der Waals surface area contributed by atoms with Gasteiger partial charge in [-0.3, -0.25) is 19.7 Å². The Morgan fingerprint density at radius 1 is 1.16 bits per heavy atom. The molecule has 2 N–H and O–H groups in total. The van der Waals surface area contributed by atoms with Crippen molar-refractivity contribution in [2.24, 2.45) is 0 Å². The number of carbonyl (C=O) groups is 2. The predicted molar refractivity (Wildman–Crippen MR) is 120 cm³/mol. The van der Waals surface area contributed by atoms with E-state index in [4.69, 9.17) is 11.6 Å². The van der Waals surface area contributed by atoms with E-state index in [0.29, 0.717) is 22.7 Å². The maximum atomic E-state index is 13.0. The number of nitrogens with zero attached hydrogens (tertiary/aromatic N) is 2. The number of nitro benzene ring substituents is 1. The van der Waals surface area contributed by atoms with Crippen LogP contribution in [0.25, 0.3) is 5.76 Å². The summed E-state index contributed by atoms with van der Waals surface area (Å²) in [4.78, 5) is 39.4. The number of hydrogen-bond donors (Lipinski definition) is 2. The van der Waals surface area contributed by atoms with Crippen LogP contribution in [0.3, 0.4) is 0 Å². The third-order valence-corrected chi connectivity index (χ3v) is 6.01. The Balaban J connectivity index is 2.13. The van der Waals surface area contributed by atoms with E-state index in [1.807, 2.05) is 13.8 Å². The standard InChI is InChI=1S/C23H24ClN3O5/c1-3-25(4-2)12-13-26-20(16-6-5-7-18(14-16)27(31)32)19(22(29)23(26)30)21(28)15-8-10-17(24)11-9-15/h5-11,14,20,28H,3-4,12-13H2,1-2H3/p+1/b21-19+/t20-/m1/s1. The monoisotopic (exact) mass is 458 g/mol. The highest BCUT2D eigenvalue weighted by Gasteiger charge is 2.46. The summed E-state index contributed by atoms with van der Waals surface area (Å²) in [7, 11) is 0. The second kappa shape index (κ2) is 9.93. The topological polar surface area (TPSA) is 105 Å². The number of quaternary nitrogens is 1. The number of hydrogen-bond acceptors (Lipinski definition) is 5. The van der Waals surface area contributed by atoms with Crippen LogP contribution >= 0.6 is 11.6 Å². The lowest BCUT2D eigenvalue weighted by molar-refractivity contribution is -0.895. The van der Waals surface area contributed by atoms with Crippen molar-refractivity contribution in [2.75, 3.05) is 26.2 Å². The first-order valence-electron chi connectivity index (χ1n) is 10.4. The molecule has 3 rings (SSSR count). The smallest absolute Gasteiger partial charge is 0.295 e. The summed E-state index contributed by atoms with van der Waals surface area (Å²) >= 11 is 5.93. The van der Waals surface area contributed by atoms with Gasteiger partial charge in [-0.2, -0.15) is 0 Å². The fraction of sp³-hybridized carbons (Fsp3) is 0.304. The molecule has 0 bridgehead atoms. The van der Waals surface area contributed by atoms with E-state index in [1.165, 1.54) is 28.0 Å². The fourth-order valence-electron chi connectivity index (χ4n) is 3.91. The Morgan fingerprint density at radius 2 is 1.81 bits per heavy atom. The zero-order chi connectivity index (χ0) is 23.4. The summed E-state index contributed by atoms with van der Waals surface area (Å²) in [6.45, 7) is 6.65. The number of nitro groups is 1. The Labute approximate surface area is 190 Å². The minimum atomic E-state index is -0.930. The van der Waals surface area contributed by atoms with Gasteiger partial charge < -0.3 is 14.9 Å². The van der Waals surface area contributed by atoms with E-state index in [-0.39, 0.29) is 23.6 Å². The average molecular weight is 459 g/mol. The highest BCUT2D eigenvalue weighted by atomic mass is 35.5. The van der Waals surface area contributed by atoms with Gasteiger partial charge in [0.15, 0.2) is 0 Å². The van der Waals surface area contributed by atoms with Crippen LogP contribution in [0.4, 0.5) is 5.69 Å². The molecule has 0 aromatic heterocycles. The summed E-state index contributed by atoms with van der Waals surface area (Å²) in [5.74, 6) is -1.89. The number of Topliss-reactive ketones (excluding diaryl/α,β-unsaturated/α-hetero) is 1. The highest BCUT2D eigenvalue weighted by molar-refractivity contribution is 6.46. The number of aliphatic hydroxyl groups is 1. The van der Waals surface area contributed by atoms with Crippen LogP contribution in [0.2, 0.25) is 5.02 Å². The summed E-state index contributed by atoms with van der Waals surface area (Å²) in [5, 5.41) is 22.8. The number of nitrogens with one attached hydrogen (secondary N) is 1. The number of likely N-dealkylation sites (tertiary alicyclic amines) is 1. The van der Waals surface area contributed by atoms with Crippen LogP contribution in [0.1, 0.15) is 31.0 Å². The first-order valence-corrected chi connectivity index (χ1v) is 10.8. The van der Waals surface area contributed by atoms with Crippen molar-refractivity contribution < 1.29 is 24.5 Å². The van der Waals surface area contributed by atoms with Gasteiger partial charge in [-0.25, -0.2) is 0 Å². The van der Waals surface area contributed by atoms with Gasteiger partial charge in [-0.15, -0.1) is 0 Å². The summed E-state index contributed by atoms with van der Waals surface area (Å²) in [6, 6.07) is 11.1. The van der Waals surface area contributed by atoms with Crippen molar-refractivity contribution in [3.05, 3.63) is 80.4 Å². The number of aliphatic hydroxyl groups excluding tert-OH is 1. The number of likely N-dealkylation sites (N-methyl/N-ethyl adjacent to an activating group) is 1. The number of halogens is 1. The van der Waals surface area contributed by atoms with Gasteiger partial charge in [0.25, 0.3) is 17.4 Å². The van der Waals surface area contributed by atoms with E-state index < -0.39 is 22.7 Å². The molecule has 0 radical (unpaired) electrons. The van der Waals surface area contributed by atoms with Crippen LogP contribution in [-0.2, 0) is 9.59 Å². The molecular formula is C23H25ClN3O5+. The van der Waals surface area contributed by atoms with E-state index >= 15 is 0 Å². The minimum absolute atomic E-state index is 0.0904. The Hall–Kier alpha value is -3.23. The van der Waals surface area contributed by atoms with Crippen molar-refractivity contribution in [3.8, 4) is 0 Å². The summed E-state index contributed by atoms with van der Waals surface area (Å²) < 4.78 is 0. The largest absolute Gasteiger partial charge is 0.507 e. The van der Waals surface area contributed by atoms with E-state index in [1.54, 1.807) is 30.3 Å². The molecule has 1 fully saturated rings. The number of ketones is 1. The molecule has 1 aliphatic rings. The normalized spacial score (nSPS) is 17.9. The number of non-ortho nitro benzene ring substituents is 1. The first kappa shape index (κ1) is 23.4. The van der Waals surface area contributed by atoms with Crippen LogP contribution in [0.15, 0.2) is 54.1 Å². The number of rotatable bonds is 8. The van der Waals surface area contributed by atoms with E-state index in [0.717, 1.165) is 13.1 Å². The van der Waals surface area contributed by atoms with Crippen molar-refractivity contribution in [2.45, 2.75) is 19.9 Å². The molecule has 1 amide bonds. The zero-order valence-electron chi connectivity index (χ0n) is 17.9. The Kier molecular flexibility index (Phi) is 7.27. The highest BCUT2D eigenvalue weighted by Crippen LogP contribution is 2.40. The van der Waals surface area contributed by atoms with Gasteiger partial charge in [-0.1, -0.05) is 23.7 Å². The first-order chi connectivity index (χ1) is 15.3. The quantitative estimate of drug-likeness (QED) is 0.208. The maximum Gasteiger partial charge on any atom is 0.295 e. The van der Waals surface area contributed by atoms with Gasteiger partial charge in [0.2, 0.25) is 0 Å². The van der Waals surface area contributed by atoms with Crippen molar-refractivity contribution in [1.29, 1.82) is 0 Å². The molecule has 9 heteroatoms. The Bertz CT molecular complexity index is 1060. The Morgan fingerprint density at radius 3 is 2.41 bits per heavy atom. The van der Waals surface area contributed by atoms with Crippen LogP contribution in [0.5, 0.6) is 0 Å². The minimum Gasteiger partial charge on any atom is -0.507 e. The third-order valence-electron chi connectivity index (χ3n) is 5.76. The summed E-state index contributed by atoms with van der Waals surface area (Å²) in [5.41, 5.74) is 0.474. The second-order valence-electron chi connectivity index (χ2n) is 7.56. The molecule has 1 aliphatic heterocycles. The van der Waals surface area contributed by atoms with Crippen LogP contribution in [0, 0.1) is 10.1 Å². The van der Waals surface area contributed by atoms with Crippen molar-refractivity contribution >= 4 is 34.7 Å². The lowest BCUT2D eigenvalue weighted by atomic mass is 9.95. The van der Waals surface area contributed by atoms with Gasteiger partial charge >= 0.3 is 0 Å². The van der Waals surface area contributed by atoms with Crippen LogP contribution < -0.4 is 4.90 Å². The molecule has 168 valence electrons. The van der Waals surface area contributed by atoms with Gasteiger partial charge in [0.05, 0.1) is 42.7 Å². The van der Waals surface area contributed by atoms with Gasteiger partial charge in [0.1, 0.15) is 5.76 Å². The molecule has 1 heterocycles. The van der Waals surface area contributed by atoms with E-state index in [2.05, 4.69) is 0 Å². The molecule has 0 saturated carbocycles. The lowest BCUT2D eigenvalue weighted by Gasteiger charge is -2.26. The molecule has 0 unspecified atom stereocenters. The maximum absolute atomic E-state index is 13.0. The van der Waals surface area contributed by atoms with Crippen molar-refractivity contribution in [3.63, 3.8) is 0 Å². The SMILES string of the molecule is CC[NH+](CC)CCN1C(=O)C(=O)/C(=C(/O)c2ccc(Cl)cc2)[C@H]1c1cccc([N+](=O)[O-])c1. The molecule has 0 aliphatic carbocycles. The average Bonchev–Trinajstić information content (AvgIpc) is 3.04. The molecule has 2 aromatic rings. The molecule has 1 saturated heterocycles. The van der Waals surface area contributed by atoms with Gasteiger partial charge in [-0.05, 0) is 43.7 Å². The fourth-order valence-corrected chi connectivity index (χ4v) is 4.04. The van der Waals surface area contributed by atoms with Crippen molar-refractivity contribution in [1.82, 2.24) is 4.90 Å². The number of benzene rings is 2. The number of amides is 1. The molecule has 2 aromatic carbocycles. The molecule has 1 atom stereocenters. The second-order valence-corrected chi connectivity index (χ2v) is 8.00. The molecule has 8 nitrogen and oxygen atoms in total. The molecule has 32 heavy (non-hydrogen) atoms. The van der Waals surface area contributed by atoms with Gasteiger partial charge in [0, 0.05) is 22.7 Å². The number of carbonyl (C=O) groups excluding carboxylic acids is 2. The van der Waals surface area contributed by atoms with Crippen LogP contribution in [-0.4, -0.2) is 52.8 Å². The molecular weight excluding hydrogens is 434 g/mol.